The Labute approximate surface area is 655 Å². The van der Waals surface area contributed by atoms with Gasteiger partial charge in [-0.3, -0.25) is 0 Å². The van der Waals surface area contributed by atoms with Gasteiger partial charge in [-0.1, -0.05) is 70.8 Å². The van der Waals surface area contributed by atoms with Gasteiger partial charge < -0.3 is 0 Å². The SMILES string of the molecule is Cc1cc(C)c(S(OS(=O)(=O)C(F)(F)C(F)(F)C(F)(F)C(F)(F)F)(c2ccc(Oc3ccc(I(OS(=O)(=O)C(F)(F)C(F)(F)C(F)(F)C(F)(F)F)c4ccc(Oc5ccc(S(OS(=O)(=O)C(F)(F)C(F)(F)C(F)(F)C(F)(F)F)(c6c(C)cc(C)cc6C)c6c(C)cc(C)cc6C)cc5)cc4)cc3)cc2)c2c(C)cc(C)cc2C)c(C)c1. The van der Waals surface area contributed by atoms with Gasteiger partial charge in [0.25, 0.3) is 0 Å². The third-order valence-corrected chi connectivity index (χ3v) is 36.2. The van der Waals surface area contributed by atoms with Crippen LogP contribution in [0.25, 0.3) is 0 Å². The van der Waals surface area contributed by atoms with E-state index in [4.69, 9.17) is 16.7 Å². The number of halogens is 28. The zero-order chi connectivity index (χ0) is 88.4. The second-order valence-electron chi connectivity index (χ2n) is 26.4. The average Bonchev–Trinajstić information content (AvgIpc) is 0.702. The molecule has 11 nitrogen and oxygen atoms in total. The molecule has 0 aliphatic carbocycles. The molecule has 0 spiro atoms. The third-order valence-electron chi connectivity index (χ3n) is 17.2. The van der Waals surface area contributed by atoms with E-state index in [0.29, 0.717) is 22.3 Å². The number of ether oxygens (including phenoxy) is 2. The molecular weight excluding hydrogens is 1840 g/mol. The van der Waals surface area contributed by atoms with Crippen LogP contribution in [0, 0.1) is 90.2 Å². The molecule has 0 N–H and O–H groups in total. The molecule has 640 valence electrons. The van der Waals surface area contributed by atoms with Gasteiger partial charge in [-0.05, 0) is 83.1 Å². The fourth-order valence-corrected chi connectivity index (χ4v) is 31.3. The second-order valence-corrected chi connectivity index (χ2v) is 41.6. The Hall–Kier alpha value is -7.37. The van der Waals surface area contributed by atoms with Crippen LogP contribution < -0.4 is 9.47 Å². The summed E-state index contributed by atoms with van der Waals surface area (Å²) in [4.78, 5) is -2.86. The summed E-state index contributed by atoms with van der Waals surface area (Å²) < 4.78 is 502. The molecule has 8 aromatic carbocycles. The molecular formula is C72H60F27IO11S5. The zero-order valence-electron chi connectivity index (χ0n) is 61.0. The van der Waals surface area contributed by atoms with E-state index in [1.165, 1.54) is 132 Å². The van der Waals surface area contributed by atoms with E-state index in [0.717, 1.165) is 97.1 Å². The van der Waals surface area contributed by atoms with Crippen molar-refractivity contribution in [2.75, 3.05) is 0 Å². The Morgan fingerprint density at radius 3 is 0.621 bits per heavy atom. The molecule has 0 saturated heterocycles. The first-order valence-corrected chi connectivity index (χ1v) is 42.7. The molecule has 0 saturated carbocycles. The van der Waals surface area contributed by atoms with Crippen molar-refractivity contribution in [3.8, 4) is 23.0 Å². The number of hydrogen-bond donors (Lipinski definition) is 0. The normalized spacial score (nSPS) is 14.6. The molecule has 0 aliphatic heterocycles. The molecule has 8 aromatic rings. The fourth-order valence-electron chi connectivity index (χ4n) is 12.5. The molecule has 8 rings (SSSR count). The van der Waals surface area contributed by atoms with Crippen LogP contribution in [-0.2, 0) is 40.1 Å². The quantitative estimate of drug-likeness (QED) is 0.0358. The van der Waals surface area contributed by atoms with Crippen molar-refractivity contribution in [2.45, 2.75) is 182 Å². The van der Waals surface area contributed by atoms with Crippen molar-refractivity contribution in [1.82, 2.24) is 0 Å². The maximum atomic E-state index is 16.0. The molecule has 0 amide bonds. The minimum atomic E-state index is -7.87. The van der Waals surface area contributed by atoms with Crippen molar-refractivity contribution < 1.29 is 163 Å². The summed E-state index contributed by atoms with van der Waals surface area (Å²) in [6, 6.07) is 23.4. The Morgan fingerprint density at radius 1 is 0.250 bits per heavy atom. The van der Waals surface area contributed by atoms with E-state index in [2.05, 4.69) is 2.51 Å². The molecule has 0 atom stereocenters. The first-order chi connectivity index (χ1) is 52.4. The standard InChI is InChI=1S/C72H60F27IO11S5/c1-37-29-41(5)57(42(6)30-37)112(58-43(7)31-38(2)32-44(58)8,110-115(103,104)71(96,97)65(81,82)62(75,76)68(88,89)90)55-25-21-53(22-26-55)107-51-17-13-49(14-18-51)100(109-114(101,102)70(94,95)64(79,80)61(73,74)67(85,86)87)50-15-19-52(20-16-50)108-54-23-27-56(28-24-54)113(59-45(9)33-39(3)34-46(59)10,60-47(11)35-40(4)36-48(60)12)111-116(105,106)72(98,99)66(83,84)63(77,78)69(91,92)93/h13-36H,1-12H3. The van der Waals surface area contributed by atoms with E-state index < -0.39 is 201 Å². The van der Waals surface area contributed by atoms with E-state index in [9.17, 15) is 99.9 Å². The summed E-state index contributed by atoms with van der Waals surface area (Å²) in [7, 11) is -32.9. The van der Waals surface area contributed by atoms with Gasteiger partial charge in [0.1, 0.15) is 0 Å². The average molecular weight is 1900 g/mol. The summed E-state index contributed by atoms with van der Waals surface area (Å²) in [6.07, 6.45) is -22.6. The van der Waals surface area contributed by atoms with Crippen molar-refractivity contribution in [3.05, 3.63) is 219 Å². The van der Waals surface area contributed by atoms with Crippen molar-refractivity contribution >= 4 is 71.2 Å². The topological polar surface area (TPSA) is 149 Å². The van der Waals surface area contributed by atoms with Gasteiger partial charge in [-0.25, -0.2) is 0 Å². The number of benzene rings is 8. The molecule has 0 heterocycles. The van der Waals surface area contributed by atoms with Crippen LogP contribution in [0.5, 0.6) is 23.0 Å². The summed E-state index contributed by atoms with van der Waals surface area (Å²) in [6.45, 7) is 15.9. The van der Waals surface area contributed by atoms with Gasteiger partial charge in [0.2, 0.25) is 0 Å². The Kier molecular flexibility index (Phi) is 25.2. The van der Waals surface area contributed by atoms with E-state index >= 15 is 43.9 Å². The van der Waals surface area contributed by atoms with Gasteiger partial charge in [0.15, 0.2) is 0 Å². The van der Waals surface area contributed by atoms with E-state index in [-0.39, 0.29) is 44.5 Å². The van der Waals surface area contributed by atoms with Gasteiger partial charge >= 0.3 is 409 Å². The van der Waals surface area contributed by atoms with Crippen LogP contribution >= 0.6 is 40.9 Å². The second kappa shape index (κ2) is 31.0. The molecule has 0 radical (unpaired) electrons. The van der Waals surface area contributed by atoms with E-state index in [1.807, 2.05) is 0 Å². The monoisotopic (exact) mass is 1900 g/mol. The number of aryl methyl sites for hydroxylation is 12. The summed E-state index contributed by atoms with van der Waals surface area (Å²) in [5.41, 5.74) is 0.984. The number of alkyl halides is 27. The predicted molar refractivity (Wildman–Crippen MR) is 377 cm³/mol. The summed E-state index contributed by atoms with van der Waals surface area (Å²) >= 11 is -5.21. The van der Waals surface area contributed by atoms with Gasteiger partial charge in [-0.2, -0.15) is 95.9 Å². The first-order valence-electron chi connectivity index (χ1n) is 32.3. The third kappa shape index (κ3) is 15.9. The van der Waals surface area contributed by atoms with Gasteiger partial charge in [-0.15, -0.1) is 0 Å². The van der Waals surface area contributed by atoms with Gasteiger partial charge in [0.05, 0.1) is 0 Å². The van der Waals surface area contributed by atoms with Crippen molar-refractivity contribution in [1.29, 1.82) is 0 Å². The molecule has 116 heavy (non-hydrogen) atoms. The van der Waals surface area contributed by atoms with Crippen molar-refractivity contribution in [3.63, 3.8) is 0 Å². The van der Waals surface area contributed by atoms with E-state index in [1.54, 1.807) is 0 Å². The van der Waals surface area contributed by atoms with Crippen LogP contribution in [-0.4, -0.2) is 95.1 Å². The van der Waals surface area contributed by atoms with Gasteiger partial charge in [0, 0.05) is 0 Å². The van der Waals surface area contributed by atoms with Crippen LogP contribution in [0.2, 0.25) is 0 Å². The molecule has 0 aliphatic rings. The fraction of sp³-hybridized carbons (Fsp3) is 0.333. The van der Waals surface area contributed by atoms with Crippen molar-refractivity contribution in [2.24, 2.45) is 0 Å². The smallest absolute Gasteiger partial charge is 0.0552 e. The van der Waals surface area contributed by atoms with Crippen LogP contribution in [0.3, 0.4) is 0 Å². The number of rotatable bonds is 27. The number of hydrogen-bond acceptors (Lipinski definition) is 11. The van der Waals surface area contributed by atoms with Crippen LogP contribution in [0.15, 0.2) is 175 Å². The minimum Gasteiger partial charge on any atom is -0.0552 e. The Bertz CT molecular complexity index is 4930. The Balaban J connectivity index is 1.24. The molecule has 0 fully saturated rings. The molecule has 0 aromatic heterocycles. The molecule has 0 unspecified atom stereocenters. The predicted octanol–water partition coefficient (Wildman–Crippen LogP) is 25.1. The zero-order valence-corrected chi connectivity index (χ0v) is 67.2. The first kappa shape index (κ1) is 94.1. The minimum absolute atomic E-state index is 0.0644. The Morgan fingerprint density at radius 2 is 0.431 bits per heavy atom. The molecule has 0 bridgehead atoms. The van der Waals surface area contributed by atoms with Crippen LogP contribution in [0.1, 0.15) is 66.8 Å². The maximum absolute atomic E-state index is 16.0. The molecule has 44 heteroatoms. The summed E-state index contributed by atoms with van der Waals surface area (Å²) in [5.74, 6) is -48.7. The summed E-state index contributed by atoms with van der Waals surface area (Å²) in [5, 5.41) is -22.3. The van der Waals surface area contributed by atoms with Crippen LogP contribution in [0.4, 0.5) is 119 Å².